The predicted molar refractivity (Wildman–Crippen MR) is 126 cm³/mol. The van der Waals surface area contributed by atoms with Crippen LogP contribution in [0.4, 0.5) is 10.1 Å². The molecule has 0 spiro atoms. The van der Waals surface area contributed by atoms with E-state index < -0.39 is 34.3 Å². The van der Waals surface area contributed by atoms with Gasteiger partial charge in [0.25, 0.3) is 0 Å². The van der Waals surface area contributed by atoms with Gasteiger partial charge in [0, 0.05) is 17.6 Å². The Morgan fingerprint density at radius 2 is 1.81 bits per heavy atom. The van der Waals surface area contributed by atoms with Crippen molar-refractivity contribution in [1.82, 2.24) is 10.2 Å². The summed E-state index contributed by atoms with van der Waals surface area (Å²) in [6, 6.07) is 11.3. The number of benzene rings is 2. The molecule has 2 amide bonds. The molecule has 0 bridgehead atoms. The molecule has 0 heterocycles. The van der Waals surface area contributed by atoms with Gasteiger partial charge in [0.15, 0.2) is 0 Å². The fourth-order valence-corrected chi connectivity index (χ4v) is 4.33. The van der Waals surface area contributed by atoms with Crippen LogP contribution in [0.2, 0.25) is 0 Å². The number of sulfonamides is 1. The number of hydrogen-bond acceptors (Lipinski definition) is 4. The van der Waals surface area contributed by atoms with Gasteiger partial charge in [0.05, 0.1) is 11.9 Å². The van der Waals surface area contributed by atoms with Crippen molar-refractivity contribution in [1.29, 1.82) is 0 Å². The predicted octanol–water partition coefficient (Wildman–Crippen LogP) is 3.30. The summed E-state index contributed by atoms with van der Waals surface area (Å²) in [6.45, 7) is 3.57. The van der Waals surface area contributed by atoms with E-state index in [0.29, 0.717) is 6.54 Å². The molecule has 0 fully saturated rings. The van der Waals surface area contributed by atoms with E-state index in [9.17, 15) is 22.4 Å². The third-order valence-electron chi connectivity index (χ3n) is 4.75. The molecule has 1 N–H and O–H groups in total. The number of carbonyl (C=O) groups is 2. The molecule has 10 heteroatoms. The SMILES string of the molecule is CCCNC(=O)[C@@H](C)N(Cc1cccc(Br)c1)C(=O)CN(c1ccc(F)cc1)S(C)(=O)=O. The second-order valence-electron chi connectivity index (χ2n) is 7.36. The summed E-state index contributed by atoms with van der Waals surface area (Å²) in [5.41, 5.74) is 0.934. The minimum atomic E-state index is -3.84. The van der Waals surface area contributed by atoms with Crippen molar-refractivity contribution < 1.29 is 22.4 Å². The summed E-state index contributed by atoms with van der Waals surface area (Å²) in [6.07, 6.45) is 1.71. The van der Waals surface area contributed by atoms with Crippen LogP contribution in [0.1, 0.15) is 25.8 Å². The Labute approximate surface area is 196 Å². The lowest BCUT2D eigenvalue weighted by molar-refractivity contribution is -0.139. The molecule has 2 aromatic carbocycles. The van der Waals surface area contributed by atoms with Crippen molar-refractivity contribution in [3.8, 4) is 0 Å². The van der Waals surface area contributed by atoms with Crippen LogP contribution in [0.3, 0.4) is 0 Å². The number of rotatable bonds is 10. The Hall–Kier alpha value is -2.46. The van der Waals surface area contributed by atoms with Crippen molar-refractivity contribution in [2.24, 2.45) is 0 Å². The molecule has 0 aliphatic carbocycles. The van der Waals surface area contributed by atoms with E-state index in [1.807, 2.05) is 31.2 Å². The molecule has 0 saturated carbocycles. The summed E-state index contributed by atoms with van der Waals surface area (Å²) in [7, 11) is -3.84. The fourth-order valence-electron chi connectivity index (χ4n) is 3.03. The van der Waals surface area contributed by atoms with Crippen LogP contribution in [0.5, 0.6) is 0 Å². The van der Waals surface area contributed by atoms with Crippen LogP contribution in [-0.2, 0) is 26.2 Å². The lowest BCUT2D eigenvalue weighted by Gasteiger charge is -2.31. The van der Waals surface area contributed by atoms with E-state index in [4.69, 9.17) is 0 Å². The van der Waals surface area contributed by atoms with Crippen molar-refractivity contribution in [2.75, 3.05) is 23.7 Å². The van der Waals surface area contributed by atoms with Crippen LogP contribution in [-0.4, -0.2) is 50.5 Å². The smallest absolute Gasteiger partial charge is 0.244 e. The summed E-state index contributed by atoms with van der Waals surface area (Å²) < 4.78 is 39.8. The second-order valence-corrected chi connectivity index (χ2v) is 10.2. The van der Waals surface area contributed by atoms with Gasteiger partial charge in [-0.05, 0) is 55.3 Å². The van der Waals surface area contributed by atoms with E-state index in [1.54, 1.807) is 6.92 Å². The highest BCUT2D eigenvalue weighted by Gasteiger charge is 2.30. The maximum absolute atomic E-state index is 13.3. The second kappa shape index (κ2) is 11.4. The normalized spacial score (nSPS) is 12.2. The van der Waals surface area contributed by atoms with Crippen LogP contribution in [0.15, 0.2) is 53.0 Å². The number of amides is 2. The molecule has 2 aromatic rings. The van der Waals surface area contributed by atoms with E-state index in [2.05, 4.69) is 21.2 Å². The van der Waals surface area contributed by atoms with E-state index >= 15 is 0 Å². The average molecular weight is 528 g/mol. The first-order valence-electron chi connectivity index (χ1n) is 10.1. The zero-order valence-corrected chi connectivity index (χ0v) is 20.6. The fraction of sp³-hybridized carbons (Fsp3) is 0.364. The monoisotopic (exact) mass is 527 g/mol. The standard InChI is InChI=1S/C22H27BrFN3O4S/c1-4-12-25-22(29)16(2)26(14-17-6-5-7-18(23)13-17)21(28)15-27(32(3,30)31)20-10-8-19(24)9-11-20/h5-11,13,16H,4,12,14-15H2,1-3H3,(H,25,29)/t16-/m1/s1. The molecule has 1 atom stereocenters. The van der Waals surface area contributed by atoms with Gasteiger partial charge in [-0.1, -0.05) is 35.0 Å². The molecule has 32 heavy (non-hydrogen) atoms. The summed E-state index contributed by atoms with van der Waals surface area (Å²) >= 11 is 3.39. The van der Waals surface area contributed by atoms with Crippen LogP contribution in [0.25, 0.3) is 0 Å². The van der Waals surface area contributed by atoms with Gasteiger partial charge < -0.3 is 10.2 Å². The molecule has 0 aliphatic heterocycles. The van der Waals surface area contributed by atoms with Gasteiger partial charge in [0.2, 0.25) is 21.8 Å². The number of anilines is 1. The Morgan fingerprint density at radius 3 is 2.38 bits per heavy atom. The Morgan fingerprint density at radius 1 is 1.16 bits per heavy atom. The first kappa shape index (κ1) is 25.8. The first-order chi connectivity index (χ1) is 15.0. The Balaban J connectivity index is 2.35. The molecular weight excluding hydrogens is 501 g/mol. The molecule has 174 valence electrons. The quantitative estimate of drug-likeness (QED) is 0.513. The van der Waals surface area contributed by atoms with Crippen LogP contribution in [0, 0.1) is 5.82 Å². The largest absolute Gasteiger partial charge is 0.354 e. The molecule has 0 saturated heterocycles. The third-order valence-corrected chi connectivity index (χ3v) is 6.39. The molecule has 7 nitrogen and oxygen atoms in total. The van der Waals surface area contributed by atoms with Crippen molar-refractivity contribution in [3.05, 3.63) is 64.4 Å². The molecule has 0 unspecified atom stereocenters. The average Bonchev–Trinajstić information content (AvgIpc) is 2.73. The number of nitrogens with zero attached hydrogens (tertiary/aromatic N) is 2. The molecule has 0 radical (unpaired) electrons. The Kier molecular flexibility index (Phi) is 9.21. The van der Waals surface area contributed by atoms with Crippen molar-refractivity contribution in [3.63, 3.8) is 0 Å². The summed E-state index contributed by atoms with van der Waals surface area (Å²) in [5.74, 6) is -1.41. The number of nitrogens with one attached hydrogen (secondary N) is 1. The van der Waals surface area contributed by atoms with Gasteiger partial charge in [0.1, 0.15) is 18.4 Å². The molecular formula is C22H27BrFN3O4S. The van der Waals surface area contributed by atoms with E-state index in [0.717, 1.165) is 39.2 Å². The molecule has 0 aromatic heterocycles. The van der Waals surface area contributed by atoms with Crippen molar-refractivity contribution in [2.45, 2.75) is 32.9 Å². The van der Waals surface area contributed by atoms with Gasteiger partial charge in [-0.2, -0.15) is 0 Å². The van der Waals surface area contributed by atoms with E-state index in [1.165, 1.54) is 17.0 Å². The number of carbonyl (C=O) groups excluding carboxylic acids is 2. The maximum Gasteiger partial charge on any atom is 0.244 e. The number of halogens is 2. The molecule has 0 aliphatic rings. The summed E-state index contributed by atoms with van der Waals surface area (Å²) in [4.78, 5) is 27.3. The van der Waals surface area contributed by atoms with Gasteiger partial charge in [-0.25, -0.2) is 12.8 Å². The molecule has 2 rings (SSSR count). The topological polar surface area (TPSA) is 86.8 Å². The lowest BCUT2D eigenvalue weighted by Crippen LogP contribution is -2.51. The van der Waals surface area contributed by atoms with Gasteiger partial charge in [-0.15, -0.1) is 0 Å². The first-order valence-corrected chi connectivity index (χ1v) is 12.7. The minimum Gasteiger partial charge on any atom is -0.354 e. The highest BCUT2D eigenvalue weighted by Crippen LogP contribution is 2.20. The van der Waals surface area contributed by atoms with Crippen molar-refractivity contribution >= 4 is 43.5 Å². The van der Waals surface area contributed by atoms with Crippen LogP contribution < -0.4 is 9.62 Å². The number of hydrogen-bond donors (Lipinski definition) is 1. The van der Waals surface area contributed by atoms with E-state index in [-0.39, 0.29) is 18.1 Å². The zero-order chi connectivity index (χ0) is 23.9. The van der Waals surface area contributed by atoms with Gasteiger partial charge >= 0.3 is 0 Å². The highest BCUT2D eigenvalue weighted by molar-refractivity contribution is 9.10. The minimum absolute atomic E-state index is 0.111. The zero-order valence-electron chi connectivity index (χ0n) is 18.2. The van der Waals surface area contributed by atoms with Crippen LogP contribution >= 0.6 is 15.9 Å². The Bertz CT molecular complexity index is 1050. The van der Waals surface area contributed by atoms with Gasteiger partial charge in [-0.3, -0.25) is 13.9 Å². The third kappa shape index (κ3) is 7.30. The summed E-state index contributed by atoms with van der Waals surface area (Å²) in [5, 5.41) is 2.77. The maximum atomic E-state index is 13.3. The lowest BCUT2D eigenvalue weighted by atomic mass is 10.1. The highest BCUT2D eigenvalue weighted by atomic mass is 79.9.